The minimum absolute atomic E-state index is 0. The average Bonchev–Trinajstić information content (AvgIpc) is 2.38. The molecule has 2 aromatic carbocycles. The molecular weight excluding hydrogens is 399 g/mol. The van der Waals surface area contributed by atoms with Crippen LogP contribution in [0.25, 0.3) is 0 Å². The van der Waals surface area contributed by atoms with Crippen LogP contribution in [0.4, 0.5) is 28.9 Å². The molecule has 4 nitrogen and oxygen atoms in total. The van der Waals surface area contributed by atoms with E-state index in [1.54, 1.807) is 0 Å². The fourth-order valence-electron chi connectivity index (χ4n) is 1.14. The number of hydrogen-bond acceptors (Lipinski definition) is 3. The number of halogens is 4. The molecule has 0 radical (unpaired) electrons. The van der Waals surface area contributed by atoms with E-state index in [2.05, 4.69) is 0 Å². The first-order valence-corrected chi connectivity index (χ1v) is 5.11. The summed E-state index contributed by atoms with van der Waals surface area (Å²) in [6.07, 6.45) is 0. The molecule has 0 spiro atoms. The van der Waals surface area contributed by atoms with Gasteiger partial charge in [0.1, 0.15) is 17.5 Å². The molecule has 0 aliphatic rings. The van der Waals surface area contributed by atoms with Crippen molar-refractivity contribution in [2.75, 3.05) is 5.73 Å². The van der Waals surface area contributed by atoms with E-state index in [0.717, 1.165) is 24.3 Å². The maximum atomic E-state index is 12.4. The molecular formula is C13H11F4N2O2Pd-. The number of nitrogen functional groups attached to an aromatic ring is 1. The molecule has 0 unspecified atom stereocenters. The topological polar surface area (TPSA) is 69.2 Å². The van der Waals surface area contributed by atoms with E-state index in [0.29, 0.717) is 12.1 Å². The normalized spacial score (nSPS) is 8.73. The fraction of sp³-hybridized carbons (Fsp3) is 0. The molecule has 0 amide bonds. The van der Waals surface area contributed by atoms with Crippen molar-refractivity contribution in [2.24, 2.45) is 0 Å². The van der Waals surface area contributed by atoms with Crippen LogP contribution in [0.3, 0.4) is 0 Å². The van der Waals surface area contributed by atoms with Gasteiger partial charge in [0.05, 0.1) is 16.7 Å². The van der Waals surface area contributed by atoms with E-state index >= 15 is 0 Å². The second-order valence-corrected chi connectivity index (χ2v) is 3.52. The van der Waals surface area contributed by atoms with E-state index < -0.39 is 33.9 Å². The van der Waals surface area contributed by atoms with Gasteiger partial charge in [0.25, 0.3) is 0 Å². The molecule has 0 aliphatic heterocycles. The van der Waals surface area contributed by atoms with Crippen LogP contribution >= 0.6 is 0 Å². The molecule has 124 valence electrons. The number of nitro benzene ring substituents is 1. The average molecular weight is 410 g/mol. The van der Waals surface area contributed by atoms with Crippen molar-refractivity contribution in [1.29, 1.82) is 0 Å². The van der Waals surface area contributed by atoms with Crippen LogP contribution < -0.4 is 5.73 Å². The van der Waals surface area contributed by atoms with E-state index in [9.17, 15) is 27.7 Å². The van der Waals surface area contributed by atoms with Crippen LogP contribution in [0.15, 0.2) is 36.4 Å². The van der Waals surface area contributed by atoms with E-state index in [-0.39, 0.29) is 33.5 Å². The summed E-state index contributed by atoms with van der Waals surface area (Å²) in [6.45, 7) is 0. The van der Waals surface area contributed by atoms with Gasteiger partial charge in [-0.25, -0.2) is 13.2 Å². The standard InChI is InChI=1S/C6H3F2NO2.C6H5F2N.CH3.Pd/c7-4-1-2-5(8)6(3-4)9(10)11;7-4-1-2-5(8)6(9)3-4;;/h1-3H;1-3H,9H2;1H3;/q;;-1;. The number of nitrogens with two attached hydrogens (primary N) is 1. The van der Waals surface area contributed by atoms with Gasteiger partial charge < -0.3 is 13.2 Å². The Labute approximate surface area is 137 Å². The van der Waals surface area contributed by atoms with Crippen LogP contribution in [0, 0.1) is 40.8 Å². The van der Waals surface area contributed by atoms with Crippen LogP contribution in [0.5, 0.6) is 0 Å². The molecule has 0 saturated carbocycles. The van der Waals surface area contributed by atoms with E-state index in [1.807, 2.05) is 0 Å². The predicted molar refractivity (Wildman–Crippen MR) is 70.2 cm³/mol. The van der Waals surface area contributed by atoms with Gasteiger partial charge in [-0.3, -0.25) is 10.1 Å². The predicted octanol–water partition coefficient (Wildman–Crippen LogP) is 3.87. The summed E-state index contributed by atoms with van der Waals surface area (Å²) < 4.78 is 49.0. The molecule has 0 heterocycles. The molecule has 0 atom stereocenters. The Balaban J connectivity index is 0. The molecule has 0 saturated heterocycles. The first-order chi connectivity index (χ1) is 9.31. The van der Waals surface area contributed by atoms with Gasteiger partial charge in [-0.2, -0.15) is 4.39 Å². The Bertz CT molecular complexity index is 641. The van der Waals surface area contributed by atoms with Gasteiger partial charge in [-0.1, -0.05) is 0 Å². The Morgan fingerprint density at radius 3 is 1.73 bits per heavy atom. The fourth-order valence-corrected chi connectivity index (χ4v) is 1.14. The Morgan fingerprint density at radius 1 is 0.909 bits per heavy atom. The Morgan fingerprint density at radius 2 is 1.36 bits per heavy atom. The van der Waals surface area contributed by atoms with Crippen molar-refractivity contribution in [3.63, 3.8) is 0 Å². The summed E-state index contributed by atoms with van der Waals surface area (Å²) >= 11 is 0. The number of anilines is 1. The molecule has 2 N–H and O–H groups in total. The summed E-state index contributed by atoms with van der Waals surface area (Å²) in [4.78, 5) is 9.00. The third-order valence-corrected chi connectivity index (χ3v) is 2.06. The van der Waals surface area contributed by atoms with Gasteiger partial charge in [-0.15, -0.1) is 0 Å². The number of benzene rings is 2. The summed E-state index contributed by atoms with van der Waals surface area (Å²) in [5, 5.41) is 9.97. The van der Waals surface area contributed by atoms with Gasteiger partial charge in [0, 0.05) is 20.4 Å². The number of nitro groups is 1. The maximum absolute atomic E-state index is 12.4. The van der Waals surface area contributed by atoms with Crippen molar-refractivity contribution in [2.45, 2.75) is 0 Å². The minimum atomic E-state index is -1.03. The van der Waals surface area contributed by atoms with Crippen LogP contribution in [0.2, 0.25) is 0 Å². The van der Waals surface area contributed by atoms with Crippen molar-refractivity contribution >= 4 is 11.4 Å². The quantitative estimate of drug-likeness (QED) is 0.194. The van der Waals surface area contributed by atoms with Gasteiger partial charge in [0.15, 0.2) is 0 Å². The summed E-state index contributed by atoms with van der Waals surface area (Å²) in [5.41, 5.74) is 4.01. The number of hydrogen-bond donors (Lipinski definition) is 1. The monoisotopic (exact) mass is 409 g/mol. The van der Waals surface area contributed by atoms with Gasteiger partial charge in [0.2, 0.25) is 5.82 Å². The number of nitrogens with zero attached hydrogens (tertiary/aromatic N) is 1. The van der Waals surface area contributed by atoms with Crippen LogP contribution in [-0.2, 0) is 20.4 Å². The first kappa shape index (κ1) is 22.3. The molecule has 0 bridgehead atoms. The molecule has 9 heteroatoms. The zero-order chi connectivity index (χ0) is 15.3. The number of rotatable bonds is 1. The second kappa shape index (κ2) is 9.87. The SMILES string of the molecule is Nc1cc(F)ccc1F.O=[N+]([O-])c1cc(F)ccc1F.[CH3-].[Pd]. The van der Waals surface area contributed by atoms with Crippen molar-refractivity contribution < 1.29 is 42.9 Å². The molecule has 0 aromatic heterocycles. The van der Waals surface area contributed by atoms with E-state index in [1.165, 1.54) is 0 Å². The van der Waals surface area contributed by atoms with Crippen LogP contribution in [0.1, 0.15) is 0 Å². The van der Waals surface area contributed by atoms with Gasteiger partial charge >= 0.3 is 5.69 Å². The third kappa shape index (κ3) is 6.65. The molecule has 22 heavy (non-hydrogen) atoms. The first-order valence-electron chi connectivity index (χ1n) is 5.11. The summed E-state index contributed by atoms with van der Waals surface area (Å²) in [7, 11) is 0. The molecule has 0 aliphatic carbocycles. The van der Waals surface area contributed by atoms with Gasteiger partial charge in [-0.05, 0) is 30.3 Å². The zero-order valence-corrected chi connectivity index (χ0v) is 12.7. The minimum Gasteiger partial charge on any atom is -0.396 e. The summed E-state index contributed by atoms with van der Waals surface area (Å²) in [6, 6.07) is 5.02. The largest absolute Gasteiger partial charge is 0.396 e. The zero-order valence-electron chi connectivity index (χ0n) is 11.1. The summed E-state index contributed by atoms with van der Waals surface area (Å²) in [5.74, 6) is -2.96. The smallest absolute Gasteiger partial charge is 0.307 e. The second-order valence-electron chi connectivity index (χ2n) is 3.52. The third-order valence-electron chi connectivity index (χ3n) is 2.06. The van der Waals surface area contributed by atoms with Crippen molar-refractivity contribution in [3.8, 4) is 0 Å². The molecule has 2 aromatic rings. The molecule has 2 rings (SSSR count). The van der Waals surface area contributed by atoms with Crippen molar-refractivity contribution in [3.05, 3.63) is 77.2 Å². The molecule has 0 fully saturated rings. The Kier molecular flexibility index (Phi) is 10.0. The van der Waals surface area contributed by atoms with E-state index in [4.69, 9.17) is 5.73 Å². The maximum Gasteiger partial charge on any atom is 0.307 e. The Hall–Kier alpha value is -1.98. The van der Waals surface area contributed by atoms with Crippen LogP contribution in [-0.4, -0.2) is 4.92 Å². The van der Waals surface area contributed by atoms with Crippen molar-refractivity contribution in [1.82, 2.24) is 0 Å².